The minimum atomic E-state index is -0.643. The maximum atomic E-state index is 9.67. The summed E-state index contributed by atoms with van der Waals surface area (Å²) in [6, 6.07) is 1.71. The second-order valence-electron chi connectivity index (χ2n) is 3.20. The van der Waals surface area contributed by atoms with Crippen LogP contribution in [0.3, 0.4) is 0 Å². The number of rotatable bonds is 3. The quantitative estimate of drug-likeness (QED) is 0.811. The molecule has 2 aromatic rings. The normalized spacial score (nSPS) is 13.3. The van der Waals surface area contributed by atoms with Crippen LogP contribution in [0, 0.1) is 0 Å². The Labute approximate surface area is 91.5 Å². The molecule has 0 saturated heterocycles. The smallest absolute Gasteiger partial charge is 0.235 e. The Balaban J connectivity index is 2.38. The predicted molar refractivity (Wildman–Crippen MR) is 56.6 cm³/mol. The van der Waals surface area contributed by atoms with E-state index in [4.69, 9.17) is 17.3 Å². The Morgan fingerprint density at radius 2 is 2.40 bits per heavy atom. The van der Waals surface area contributed by atoms with Gasteiger partial charge in [0, 0.05) is 6.20 Å². The van der Waals surface area contributed by atoms with Gasteiger partial charge in [0.1, 0.15) is 5.15 Å². The molecular weight excluding hydrogens is 216 g/mol. The van der Waals surface area contributed by atoms with Crippen LogP contribution >= 0.6 is 11.6 Å². The summed E-state index contributed by atoms with van der Waals surface area (Å²) in [5.41, 5.74) is 5.92. The number of nitrogens with two attached hydrogens (primary N) is 1. The van der Waals surface area contributed by atoms with E-state index in [1.165, 1.54) is 6.20 Å². The Morgan fingerprint density at radius 3 is 3.13 bits per heavy atom. The maximum absolute atomic E-state index is 9.67. The third-order valence-electron chi connectivity index (χ3n) is 2.14. The van der Waals surface area contributed by atoms with Crippen LogP contribution in [0.2, 0.25) is 5.15 Å². The van der Waals surface area contributed by atoms with E-state index >= 15 is 0 Å². The minimum Gasteiger partial charge on any atom is -0.387 e. The molecule has 0 aliphatic carbocycles. The molecule has 2 aromatic heterocycles. The number of imidazole rings is 1. The van der Waals surface area contributed by atoms with Crippen molar-refractivity contribution in [3.63, 3.8) is 0 Å². The van der Waals surface area contributed by atoms with E-state index in [-0.39, 0.29) is 0 Å². The molecule has 3 N–H and O–H groups in total. The summed E-state index contributed by atoms with van der Waals surface area (Å²) in [6.07, 6.45) is 3.09. The molecule has 6 heteroatoms. The second kappa shape index (κ2) is 4.14. The highest BCUT2D eigenvalue weighted by Crippen LogP contribution is 2.16. The fourth-order valence-corrected chi connectivity index (χ4v) is 1.53. The van der Waals surface area contributed by atoms with Gasteiger partial charge in [0.25, 0.3) is 0 Å². The third-order valence-corrected chi connectivity index (χ3v) is 2.42. The van der Waals surface area contributed by atoms with Crippen LogP contribution in [0.15, 0.2) is 18.5 Å². The summed E-state index contributed by atoms with van der Waals surface area (Å²) in [4.78, 5) is 8.18. The fraction of sp³-hybridized carbons (Fsp3) is 0.333. The molecule has 0 bridgehead atoms. The molecule has 15 heavy (non-hydrogen) atoms. The first-order valence-corrected chi connectivity index (χ1v) is 4.98. The van der Waals surface area contributed by atoms with Gasteiger partial charge in [-0.05, 0) is 19.0 Å². The lowest BCUT2D eigenvalue weighted by atomic mass is 10.2. The van der Waals surface area contributed by atoms with E-state index in [9.17, 15) is 5.11 Å². The van der Waals surface area contributed by atoms with Crippen molar-refractivity contribution in [2.45, 2.75) is 12.5 Å². The summed E-state index contributed by atoms with van der Waals surface area (Å²) in [6.45, 7) is 0.420. The summed E-state index contributed by atoms with van der Waals surface area (Å²) in [5.74, 6) is 0.480. The van der Waals surface area contributed by atoms with E-state index in [1.54, 1.807) is 16.7 Å². The van der Waals surface area contributed by atoms with E-state index < -0.39 is 6.10 Å². The zero-order chi connectivity index (χ0) is 10.8. The zero-order valence-corrected chi connectivity index (χ0v) is 8.72. The maximum Gasteiger partial charge on any atom is 0.235 e. The Kier molecular flexibility index (Phi) is 2.86. The number of halogens is 1. The molecule has 1 atom stereocenters. The highest BCUT2D eigenvalue weighted by molar-refractivity contribution is 6.29. The molecule has 1 unspecified atom stereocenters. The van der Waals surface area contributed by atoms with Crippen LogP contribution in [0.25, 0.3) is 5.78 Å². The summed E-state index contributed by atoms with van der Waals surface area (Å²) >= 11 is 5.84. The topological polar surface area (TPSA) is 76.4 Å². The average molecular weight is 227 g/mol. The molecule has 80 valence electrons. The monoisotopic (exact) mass is 226 g/mol. The van der Waals surface area contributed by atoms with Gasteiger partial charge in [-0.3, -0.25) is 4.40 Å². The van der Waals surface area contributed by atoms with Gasteiger partial charge in [0.15, 0.2) is 0 Å². The number of aromatic nitrogens is 3. The van der Waals surface area contributed by atoms with Gasteiger partial charge < -0.3 is 10.8 Å². The zero-order valence-electron chi connectivity index (χ0n) is 7.97. The van der Waals surface area contributed by atoms with Crippen LogP contribution in [0.1, 0.15) is 18.2 Å². The second-order valence-corrected chi connectivity index (χ2v) is 3.58. The number of aliphatic hydroxyl groups is 1. The Bertz CT molecular complexity index is 470. The SMILES string of the molecule is NCCC(O)c1ccn2c(Cl)cnc2n1. The number of nitrogens with zero attached hydrogens (tertiary/aromatic N) is 3. The third kappa shape index (κ3) is 1.94. The van der Waals surface area contributed by atoms with Crippen molar-refractivity contribution in [2.24, 2.45) is 5.73 Å². The number of hydrogen-bond donors (Lipinski definition) is 2. The molecule has 5 nitrogen and oxygen atoms in total. The molecule has 0 fully saturated rings. The van der Waals surface area contributed by atoms with Crippen LogP contribution in [0.4, 0.5) is 0 Å². The fourth-order valence-electron chi connectivity index (χ4n) is 1.35. The largest absolute Gasteiger partial charge is 0.387 e. The van der Waals surface area contributed by atoms with Gasteiger partial charge >= 0.3 is 0 Å². The van der Waals surface area contributed by atoms with Crippen LogP contribution < -0.4 is 5.73 Å². The van der Waals surface area contributed by atoms with Crippen molar-refractivity contribution >= 4 is 17.4 Å². The molecule has 0 aliphatic heterocycles. The lowest BCUT2D eigenvalue weighted by Crippen LogP contribution is -2.08. The first kappa shape index (κ1) is 10.4. The average Bonchev–Trinajstić information content (AvgIpc) is 2.60. The molecule has 0 aliphatic rings. The lowest BCUT2D eigenvalue weighted by molar-refractivity contribution is 0.165. The first-order chi connectivity index (χ1) is 7.22. The summed E-state index contributed by atoms with van der Waals surface area (Å²) in [7, 11) is 0. The number of fused-ring (bicyclic) bond motifs is 1. The Hall–Kier alpha value is -1.17. The molecule has 0 amide bonds. The van der Waals surface area contributed by atoms with Crippen molar-refractivity contribution in [3.05, 3.63) is 29.3 Å². The van der Waals surface area contributed by atoms with Gasteiger partial charge in [-0.25, -0.2) is 9.97 Å². The number of hydrogen-bond acceptors (Lipinski definition) is 4. The van der Waals surface area contributed by atoms with E-state index in [0.29, 0.717) is 29.6 Å². The molecule has 0 aromatic carbocycles. The van der Waals surface area contributed by atoms with Crippen molar-refractivity contribution < 1.29 is 5.11 Å². The van der Waals surface area contributed by atoms with Gasteiger partial charge in [-0.1, -0.05) is 11.6 Å². The molecule has 0 spiro atoms. The molecule has 0 radical (unpaired) electrons. The number of aliphatic hydroxyl groups excluding tert-OH is 1. The summed E-state index contributed by atoms with van der Waals surface area (Å²) in [5, 5.41) is 10.2. The summed E-state index contributed by atoms with van der Waals surface area (Å²) < 4.78 is 1.64. The van der Waals surface area contributed by atoms with E-state index in [2.05, 4.69) is 9.97 Å². The van der Waals surface area contributed by atoms with Crippen LogP contribution in [-0.2, 0) is 0 Å². The van der Waals surface area contributed by atoms with E-state index in [1.807, 2.05) is 0 Å². The highest BCUT2D eigenvalue weighted by atomic mass is 35.5. The van der Waals surface area contributed by atoms with Gasteiger partial charge in [0.2, 0.25) is 5.78 Å². The first-order valence-electron chi connectivity index (χ1n) is 4.60. The van der Waals surface area contributed by atoms with Gasteiger partial charge in [-0.15, -0.1) is 0 Å². The molecule has 2 heterocycles. The molecule has 2 rings (SSSR count). The lowest BCUT2D eigenvalue weighted by Gasteiger charge is -2.08. The van der Waals surface area contributed by atoms with Gasteiger partial charge in [0.05, 0.1) is 18.0 Å². The van der Waals surface area contributed by atoms with E-state index in [0.717, 1.165) is 0 Å². The predicted octanol–water partition coefficient (Wildman–Crippen LogP) is 0.765. The van der Waals surface area contributed by atoms with Crippen molar-refractivity contribution in [2.75, 3.05) is 6.54 Å². The minimum absolute atomic E-state index is 0.420. The van der Waals surface area contributed by atoms with Crippen LogP contribution in [-0.4, -0.2) is 26.0 Å². The van der Waals surface area contributed by atoms with Crippen LogP contribution in [0.5, 0.6) is 0 Å². The van der Waals surface area contributed by atoms with Crippen molar-refractivity contribution in [3.8, 4) is 0 Å². The molecule has 0 saturated carbocycles. The van der Waals surface area contributed by atoms with Crippen molar-refractivity contribution in [1.29, 1.82) is 0 Å². The van der Waals surface area contributed by atoms with Crippen molar-refractivity contribution in [1.82, 2.24) is 14.4 Å². The standard InChI is InChI=1S/C9H11ClN4O/c10-8-5-12-9-13-6(2-4-14(8)9)7(15)1-3-11/h2,4-5,7,15H,1,3,11H2. The Morgan fingerprint density at radius 1 is 1.60 bits per heavy atom. The molecular formula is C9H11ClN4O. The highest BCUT2D eigenvalue weighted by Gasteiger charge is 2.10. The van der Waals surface area contributed by atoms with Gasteiger partial charge in [-0.2, -0.15) is 0 Å².